The van der Waals surface area contributed by atoms with Crippen molar-refractivity contribution in [2.24, 2.45) is 0 Å². The average Bonchev–Trinajstić information content (AvgIpc) is 3.18. The van der Waals surface area contributed by atoms with Gasteiger partial charge in [-0.15, -0.1) is 11.8 Å². The molecule has 1 aliphatic rings. The molecule has 1 unspecified atom stereocenters. The van der Waals surface area contributed by atoms with E-state index in [0.29, 0.717) is 27.9 Å². The lowest BCUT2D eigenvalue weighted by Gasteiger charge is -2.25. The first kappa shape index (κ1) is 19.2. The summed E-state index contributed by atoms with van der Waals surface area (Å²) < 4.78 is 5.80. The number of hydrogen-bond donors (Lipinski definition) is 0. The Hall–Kier alpha value is -2.14. The summed E-state index contributed by atoms with van der Waals surface area (Å²) in [6, 6.07) is 22.2. The van der Waals surface area contributed by atoms with Crippen LogP contribution < -0.4 is 4.74 Å². The molecule has 0 spiro atoms. The van der Waals surface area contributed by atoms with Crippen LogP contribution in [0.1, 0.15) is 21.3 Å². The van der Waals surface area contributed by atoms with Crippen LogP contribution >= 0.6 is 35.0 Å². The number of thioether (sulfide) groups is 1. The molecule has 0 aromatic heterocycles. The van der Waals surface area contributed by atoms with E-state index in [1.165, 1.54) is 0 Å². The van der Waals surface area contributed by atoms with Crippen LogP contribution in [0.4, 0.5) is 0 Å². The van der Waals surface area contributed by atoms with E-state index in [9.17, 15) is 4.79 Å². The topological polar surface area (TPSA) is 29.5 Å². The number of benzene rings is 3. The highest BCUT2D eigenvalue weighted by Gasteiger charge is 2.32. The van der Waals surface area contributed by atoms with Crippen molar-refractivity contribution in [1.29, 1.82) is 0 Å². The molecule has 142 valence electrons. The van der Waals surface area contributed by atoms with Crippen molar-refractivity contribution in [2.75, 3.05) is 12.3 Å². The van der Waals surface area contributed by atoms with E-state index in [0.717, 1.165) is 17.1 Å². The normalized spacial score (nSPS) is 16.2. The number of carbonyl (C=O) groups is 1. The Bertz CT molecular complexity index is 980. The summed E-state index contributed by atoms with van der Waals surface area (Å²) in [5, 5.41) is 1.05. The van der Waals surface area contributed by atoms with Crippen LogP contribution in [0.2, 0.25) is 10.0 Å². The van der Waals surface area contributed by atoms with Gasteiger partial charge in [-0.1, -0.05) is 47.5 Å². The second-order valence-electron chi connectivity index (χ2n) is 6.33. The van der Waals surface area contributed by atoms with Gasteiger partial charge in [0, 0.05) is 33.5 Å². The van der Waals surface area contributed by atoms with Crippen molar-refractivity contribution < 1.29 is 9.53 Å². The molecule has 28 heavy (non-hydrogen) atoms. The molecule has 1 aliphatic heterocycles. The molecule has 3 aromatic carbocycles. The molecule has 1 amide bonds. The fourth-order valence-electron chi connectivity index (χ4n) is 3.09. The molecule has 3 nitrogen and oxygen atoms in total. The Balaban J connectivity index is 1.51. The third-order valence-corrected chi connectivity index (χ3v) is 6.27. The predicted octanol–water partition coefficient (Wildman–Crippen LogP) is 6.67. The van der Waals surface area contributed by atoms with E-state index in [-0.39, 0.29) is 11.3 Å². The third kappa shape index (κ3) is 4.14. The van der Waals surface area contributed by atoms with Gasteiger partial charge in [0.05, 0.1) is 0 Å². The smallest absolute Gasteiger partial charge is 0.255 e. The van der Waals surface area contributed by atoms with Gasteiger partial charge in [0.2, 0.25) is 0 Å². The zero-order chi connectivity index (χ0) is 19.5. The maximum atomic E-state index is 13.1. The van der Waals surface area contributed by atoms with Gasteiger partial charge in [0.1, 0.15) is 16.9 Å². The fourth-order valence-corrected chi connectivity index (χ4v) is 4.96. The summed E-state index contributed by atoms with van der Waals surface area (Å²) in [4.78, 5) is 14.9. The molecule has 1 saturated heterocycles. The van der Waals surface area contributed by atoms with Gasteiger partial charge in [-0.3, -0.25) is 4.79 Å². The Morgan fingerprint density at radius 2 is 1.68 bits per heavy atom. The molecular weight excluding hydrogens is 413 g/mol. The molecule has 1 atom stereocenters. The number of para-hydroxylation sites is 1. The first-order valence-electron chi connectivity index (χ1n) is 8.82. The molecule has 0 N–H and O–H groups in total. The molecule has 0 bridgehead atoms. The van der Waals surface area contributed by atoms with E-state index in [1.54, 1.807) is 36.0 Å². The van der Waals surface area contributed by atoms with Crippen molar-refractivity contribution in [1.82, 2.24) is 4.90 Å². The van der Waals surface area contributed by atoms with Crippen LogP contribution in [-0.2, 0) is 0 Å². The predicted molar refractivity (Wildman–Crippen MR) is 116 cm³/mol. The van der Waals surface area contributed by atoms with Gasteiger partial charge >= 0.3 is 0 Å². The summed E-state index contributed by atoms with van der Waals surface area (Å²) in [7, 11) is 0. The first-order chi connectivity index (χ1) is 13.6. The number of carbonyl (C=O) groups excluding carboxylic acids is 1. The van der Waals surface area contributed by atoms with Crippen molar-refractivity contribution in [3.63, 3.8) is 0 Å². The van der Waals surface area contributed by atoms with E-state index >= 15 is 0 Å². The van der Waals surface area contributed by atoms with Crippen molar-refractivity contribution in [3.05, 3.63) is 94.0 Å². The Labute approximate surface area is 178 Å². The minimum Gasteiger partial charge on any atom is -0.457 e. The molecule has 0 radical (unpaired) electrons. The number of rotatable bonds is 4. The maximum Gasteiger partial charge on any atom is 0.255 e. The molecule has 6 heteroatoms. The van der Waals surface area contributed by atoms with Crippen molar-refractivity contribution in [2.45, 2.75) is 5.37 Å². The van der Waals surface area contributed by atoms with Gasteiger partial charge in [0.15, 0.2) is 0 Å². The minimum atomic E-state index is -0.113. The second-order valence-corrected chi connectivity index (χ2v) is 8.36. The minimum absolute atomic E-state index is 0.0210. The van der Waals surface area contributed by atoms with Crippen molar-refractivity contribution >= 4 is 40.9 Å². The highest BCUT2D eigenvalue weighted by molar-refractivity contribution is 7.99. The van der Waals surface area contributed by atoms with Crippen molar-refractivity contribution in [3.8, 4) is 11.5 Å². The van der Waals surface area contributed by atoms with Crippen LogP contribution in [-0.4, -0.2) is 23.1 Å². The van der Waals surface area contributed by atoms with Crippen LogP contribution in [0.3, 0.4) is 0 Å². The van der Waals surface area contributed by atoms with Gasteiger partial charge in [-0.25, -0.2) is 0 Å². The molecule has 0 saturated carbocycles. The second kappa shape index (κ2) is 8.48. The average molecular weight is 430 g/mol. The molecular formula is C22H17Cl2NO2S. The molecule has 1 heterocycles. The number of halogens is 2. The summed E-state index contributed by atoms with van der Waals surface area (Å²) >= 11 is 14.1. The van der Waals surface area contributed by atoms with Crippen LogP contribution in [0.15, 0.2) is 72.8 Å². The van der Waals surface area contributed by atoms with E-state index < -0.39 is 0 Å². The lowest BCUT2D eigenvalue weighted by atomic mass is 10.1. The quantitative estimate of drug-likeness (QED) is 0.463. The number of hydrogen-bond acceptors (Lipinski definition) is 3. The third-order valence-electron chi connectivity index (χ3n) is 4.46. The number of amides is 1. The Kier molecular flexibility index (Phi) is 5.81. The molecule has 1 fully saturated rings. The molecule has 3 aromatic rings. The van der Waals surface area contributed by atoms with Gasteiger partial charge in [-0.05, 0) is 48.5 Å². The van der Waals surface area contributed by atoms with E-state index in [2.05, 4.69) is 0 Å². The lowest BCUT2D eigenvalue weighted by molar-refractivity contribution is 0.0760. The van der Waals surface area contributed by atoms with Gasteiger partial charge < -0.3 is 9.64 Å². The molecule has 4 rings (SSSR count). The van der Waals surface area contributed by atoms with Gasteiger partial charge in [0.25, 0.3) is 5.91 Å². The van der Waals surface area contributed by atoms with Crippen LogP contribution in [0, 0.1) is 0 Å². The first-order valence-corrected chi connectivity index (χ1v) is 10.6. The summed E-state index contributed by atoms with van der Waals surface area (Å²) in [5.74, 6) is 2.29. The van der Waals surface area contributed by atoms with Crippen LogP contribution in [0.5, 0.6) is 11.5 Å². The largest absolute Gasteiger partial charge is 0.457 e. The highest BCUT2D eigenvalue weighted by atomic mass is 35.5. The lowest BCUT2D eigenvalue weighted by Crippen LogP contribution is -2.30. The summed E-state index contributed by atoms with van der Waals surface area (Å²) in [5.41, 5.74) is 1.53. The Morgan fingerprint density at radius 3 is 2.39 bits per heavy atom. The number of nitrogens with zero attached hydrogens (tertiary/aromatic N) is 1. The SMILES string of the molecule is O=C(c1ccc(Oc2ccccc2)cc1)N1CCSC1c1ccc(Cl)cc1Cl. The maximum absolute atomic E-state index is 13.1. The summed E-state index contributed by atoms with van der Waals surface area (Å²) in [6.45, 7) is 0.676. The van der Waals surface area contributed by atoms with Gasteiger partial charge in [-0.2, -0.15) is 0 Å². The summed E-state index contributed by atoms with van der Waals surface area (Å²) in [6.07, 6.45) is 0. The standard InChI is InChI=1S/C22H17Cl2NO2S/c23-16-8-11-19(20(24)14-16)22-25(12-13-28-22)21(26)15-6-9-18(10-7-15)27-17-4-2-1-3-5-17/h1-11,14,22H,12-13H2. The Morgan fingerprint density at radius 1 is 0.964 bits per heavy atom. The monoisotopic (exact) mass is 429 g/mol. The van der Waals surface area contributed by atoms with Crippen LogP contribution in [0.25, 0.3) is 0 Å². The zero-order valence-corrected chi connectivity index (χ0v) is 17.2. The van der Waals surface area contributed by atoms with E-state index in [1.807, 2.05) is 53.4 Å². The zero-order valence-electron chi connectivity index (χ0n) is 14.8. The molecule has 0 aliphatic carbocycles. The fraction of sp³-hybridized carbons (Fsp3) is 0.136. The highest BCUT2D eigenvalue weighted by Crippen LogP contribution is 2.42. The van der Waals surface area contributed by atoms with E-state index in [4.69, 9.17) is 27.9 Å². The number of ether oxygens (including phenoxy) is 1.